The first-order valence-electron chi connectivity index (χ1n) is 8.14. The van der Waals surface area contributed by atoms with Crippen LogP contribution >= 0.6 is 48.0 Å². The Morgan fingerprint density at radius 2 is 1.71 bits per heavy atom. The maximum Gasteiger partial charge on any atom is 0.121 e. The summed E-state index contributed by atoms with van der Waals surface area (Å²) < 4.78 is 6.08. The van der Waals surface area contributed by atoms with Crippen LogP contribution in [0.3, 0.4) is 0 Å². The van der Waals surface area contributed by atoms with E-state index < -0.39 is 0 Å². The summed E-state index contributed by atoms with van der Waals surface area (Å²) in [6, 6.07) is 5.50. The molecule has 0 radical (unpaired) electrons. The number of halogens is 4. The molecule has 0 unspecified atom stereocenters. The van der Waals surface area contributed by atoms with E-state index in [1.807, 2.05) is 12.1 Å². The van der Waals surface area contributed by atoms with Gasteiger partial charge in [-0.25, -0.2) is 0 Å². The molecule has 138 valence electrons. The third kappa shape index (κ3) is 5.30. The summed E-state index contributed by atoms with van der Waals surface area (Å²) in [5.74, 6) is 0.820. The maximum atomic E-state index is 6.08. The molecule has 2 fully saturated rings. The summed E-state index contributed by atoms with van der Waals surface area (Å²) in [6.45, 7) is 6.91. The lowest BCUT2D eigenvalue weighted by Gasteiger charge is -2.47. The molecule has 2 saturated heterocycles. The van der Waals surface area contributed by atoms with Crippen LogP contribution in [0.2, 0.25) is 10.0 Å². The molecule has 3 rings (SSSR count). The number of nitrogens with one attached hydrogen (secondary N) is 1. The molecule has 0 amide bonds. The fraction of sp³-hybridized carbons (Fsp3) is 0.647. The summed E-state index contributed by atoms with van der Waals surface area (Å²) in [4.78, 5) is 2.66. The molecular weight excluding hydrogens is 390 g/mol. The second kappa shape index (κ2) is 9.70. The molecular formula is C17H26Cl4N2O. The van der Waals surface area contributed by atoms with Gasteiger partial charge in [0.05, 0.1) is 10.0 Å². The lowest BCUT2D eigenvalue weighted by molar-refractivity contribution is 0.0162. The third-order valence-corrected chi connectivity index (χ3v) is 5.82. The zero-order chi connectivity index (χ0) is 15.6. The minimum absolute atomic E-state index is 0. The molecule has 2 heterocycles. The van der Waals surface area contributed by atoms with Crippen LogP contribution in [0, 0.1) is 0 Å². The van der Waals surface area contributed by atoms with Gasteiger partial charge < -0.3 is 10.1 Å². The van der Waals surface area contributed by atoms with E-state index in [0.717, 1.165) is 44.8 Å². The molecule has 0 aliphatic carbocycles. The van der Waals surface area contributed by atoms with E-state index in [9.17, 15) is 0 Å². The highest BCUT2D eigenvalue weighted by Crippen LogP contribution is 2.31. The molecule has 1 N–H and O–H groups in total. The standard InChI is InChI=1S/C17H24Cl2N2O.2ClH/c1-17(6-8-20-9-7-17)21-10-4-13(5-11-21)22-14-2-3-15(18)16(19)12-14;;/h2-3,12-13,20H,4-11H2,1H3;2*1H. The van der Waals surface area contributed by atoms with Gasteiger partial charge >= 0.3 is 0 Å². The van der Waals surface area contributed by atoms with Crippen molar-refractivity contribution in [2.24, 2.45) is 0 Å². The van der Waals surface area contributed by atoms with Gasteiger partial charge in [-0.05, 0) is 57.8 Å². The number of benzene rings is 1. The SMILES string of the molecule is CC1(N2CCC(Oc3ccc(Cl)c(Cl)c3)CC2)CCNCC1.Cl.Cl. The zero-order valence-corrected chi connectivity index (χ0v) is 17.0. The summed E-state index contributed by atoms with van der Waals surface area (Å²) in [5, 5.41) is 4.58. The molecule has 7 heteroatoms. The van der Waals surface area contributed by atoms with Crippen molar-refractivity contribution in [3.63, 3.8) is 0 Å². The van der Waals surface area contributed by atoms with Crippen LogP contribution in [-0.2, 0) is 0 Å². The zero-order valence-electron chi connectivity index (χ0n) is 13.9. The summed E-state index contributed by atoms with van der Waals surface area (Å²) in [6.07, 6.45) is 4.90. The van der Waals surface area contributed by atoms with Crippen molar-refractivity contribution in [2.75, 3.05) is 26.2 Å². The lowest BCUT2D eigenvalue weighted by atomic mass is 9.86. The molecule has 0 aromatic heterocycles. The van der Waals surface area contributed by atoms with Crippen molar-refractivity contribution in [1.29, 1.82) is 0 Å². The molecule has 3 nitrogen and oxygen atoms in total. The first kappa shape index (κ1) is 22.1. The molecule has 24 heavy (non-hydrogen) atoms. The highest BCUT2D eigenvalue weighted by atomic mass is 35.5. The minimum Gasteiger partial charge on any atom is -0.490 e. The van der Waals surface area contributed by atoms with Gasteiger partial charge in [0.15, 0.2) is 0 Å². The van der Waals surface area contributed by atoms with E-state index in [0.29, 0.717) is 15.6 Å². The van der Waals surface area contributed by atoms with Crippen LogP contribution in [0.1, 0.15) is 32.6 Å². The van der Waals surface area contributed by atoms with Gasteiger partial charge in [-0.3, -0.25) is 4.90 Å². The van der Waals surface area contributed by atoms with Gasteiger partial charge in [0.1, 0.15) is 11.9 Å². The Hall–Kier alpha value is 0.1000. The molecule has 0 spiro atoms. The number of hydrogen-bond donors (Lipinski definition) is 1. The second-order valence-corrected chi connectivity index (χ2v) is 7.44. The molecule has 0 atom stereocenters. The van der Waals surface area contributed by atoms with E-state index in [1.54, 1.807) is 6.07 Å². The molecule has 2 aliphatic heterocycles. The fourth-order valence-electron chi connectivity index (χ4n) is 3.54. The van der Waals surface area contributed by atoms with E-state index in [1.165, 1.54) is 12.8 Å². The molecule has 0 saturated carbocycles. The van der Waals surface area contributed by atoms with Gasteiger partial charge in [0.25, 0.3) is 0 Å². The van der Waals surface area contributed by atoms with Crippen molar-refractivity contribution in [3.8, 4) is 5.75 Å². The monoisotopic (exact) mass is 414 g/mol. The third-order valence-electron chi connectivity index (χ3n) is 5.08. The number of nitrogens with zero attached hydrogens (tertiary/aromatic N) is 1. The lowest BCUT2D eigenvalue weighted by Crippen LogP contribution is -2.55. The normalized spacial score (nSPS) is 21.5. The molecule has 2 aliphatic rings. The number of likely N-dealkylation sites (tertiary alicyclic amines) is 1. The number of rotatable bonds is 3. The van der Waals surface area contributed by atoms with Gasteiger partial charge in [0, 0.05) is 24.7 Å². The Labute approximate surface area is 167 Å². The van der Waals surface area contributed by atoms with E-state index in [-0.39, 0.29) is 30.9 Å². The van der Waals surface area contributed by atoms with E-state index in [2.05, 4.69) is 17.1 Å². The van der Waals surface area contributed by atoms with Crippen molar-refractivity contribution >= 4 is 48.0 Å². The smallest absolute Gasteiger partial charge is 0.121 e. The predicted molar refractivity (Wildman–Crippen MR) is 107 cm³/mol. The molecule has 1 aromatic rings. The Kier molecular flexibility index (Phi) is 8.95. The largest absolute Gasteiger partial charge is 0.490 e. The second-order valence-electron chi connectivity index (χ2n) is 6.63. The predicted octanol–water partition coefficient (Wildman–Crippen LogP) is 4.82. The van der Waals surface area contributed by atoms with Crippen LogP contribution in [0.5, 0.6) is 5.75 Å². The van der Waals surface area contributed by atoms with E-state index in [4.69, 9.17) is 27.9 Å². The average molecular weight is 416 g/mol. The van der Waals surface area contributed by atoms with Crippen molar-refractivity contribution < 1.29 is 4.74 Å². The van der Waals surface area contributed by atoms with Crippen LogP contribution in [0.25, 0.3) is 0 Å². The fourth-order valence-corrected chi connectivity index (χ4v) is 3.83. The van der Waals surface area contributed by atoms with Crippen LogP contribution in [0.4, 0.5) is 0 Å². The van der Waals surface area contributed by atoms with Crippen LogP contribution in [0.15, 0.2) is 18.2 Å². The minimum atomic E-state index is 0. The van der Waals surface area contributed by atoms with Gasteiger partial charge in [-0.2, -0.15) is 0 Å². The van der Waals surface area contributed by atoms with Crippen LogP contribution < -0.4 is 10.1 Å². The maximum absolute atomic E-state index is 6.08. The molecule has 1 aromatic carbocycles. The van der Waals surface area contributed by atoms with Gasteiger partial charge in [0.2, 0.25) is 0 Å². The summed E-state index contributed by atoms with van der Waals surface area (Å²) in [7, 11) is 0. The Morgan fingerprint density at radius 3 is 2.29 bits per heavy atom. The van der Waals surface area contributed by atoms with Crippen molar-refractivity contribution in [2.45, 2.75) is 44.2 Å². The Bertz CT molecular complexity index is 515. The Morgan fingerprint density at radius 1 is 1.08 bits per heavy atom. The first-order chi connectivity index (χ1) is 10.6. The average Bonchev–Trinajstić information content (AvgIpc) is 2.52. The quantitative estimate of drug-likeness (QED) is 0.765. The first-order valence-corrected chi connectivity index (χ1v) is 8.90. The number of ether oxygens (including phenoxy) is 1. The number of piperidine rings is 2. The Balaban J connectivity index is 0.00000144. The molecule has 0 bridgehead atoms. The van der Waals surface area contributed by atoms with Gasteiger partial charge in [-0.1, -0.05) is 23.2 Å². The highest BCUT2D eigenvalue weighted by molar-refractivity contribution is 6.42. The van der Waals surface area contributed by atoms with Crippen molar-refractivity contribution in [1.82, 2.24) is 10.2 Å². The topological polar surface area (TPSA) is 24.5 Å². The van der Waals surface area contributed by atoms with Gasteiger partial charge in [-0.15, -0.1) is 24.8 Å². The van der Waals surface area contributed by atoms with Crippen LogP contribution in [-0.4, -0.2) is 42.7 Å². The summed E-state index contributed by atoms with van der Waals surface area (Å²) >= 11 is 12.0. The highest BCUT2D eigenvalue weighted by Gasteiger charge is 2.35. The van der Waals surface area contributed by atoms with E-state index >= 15 is 0 Å². The van der Waals surface area contributed by atoms with Crippen molar-refractivity contribution in [3.05, 3.63) is 28.2 Å². The number of hydrogen-bond acceptors (Lipinski definition) is 3. The summed E-state index contributed by atoms with van der Waals surface area (Å²) in [5.41, 5.74) is 0.361.